The minimum absolute atomic E-state index is 0.120. The molecule has 92 valence electrons. The van der Waals surface area contributed by atoms with Crippen molar-refractivity contribution in [1.82, 2.24) is 9.97 Å². The number of benzene rings is 1. The zero-order valence-corrected chi connectivity index (χ0v) is 11.2. The molecule has 0 amide bonds. The molecule has 0 bridgehead atoms. The van der Waals surface area contributed by atoms with Gasteiger partial charge in [0, 0.05) is 0 Å². The Bertz CT molecular complexity index is 583. The summed E-state index contributed by atoms with van der Waals surface area (Å²) in [6.45, 7) is 2.00. The number of ether oxygens (including phenoxy) is 1. The summed E-state index contributed by atoms with van der Waals surface area (Å²) in [5.41, 5.74) is 6.75. The maximum atomic E-state index is 7.21. The average Bonchev–Trinajstić information content (AvgIpc) is 2.33. The topological polar surface area (TPSA) is 84.9 Å². The highest BCUT2D eigenvalue weighted by atomic mass is 79.9. The first-order valence-corrected chi connectivity index (χ1v) is 5.96. The van der Waals surface area contributed by atoms with Gasteiger partial charge in [-0.3, -0.25) is 5.41 Å². The number of amidine groups is 1. The quantitative estimate of drug-likeness (QED) is 0.674. The molecule has 1 heterocycles. The number of aryl methyl sites for hydroxylation is 1. The monoisotopic (exact) mass is 306 g/mol. The van der Waals surface area contributed by atoms with Crippen LogP contribution in [0.25, 0.3) is 0 Å². The molecule has 3 N–H and O–H groups in total. The van der Waals surface area contributed by atoms with Crippen molar-refractivity contribution in [1.29, 1.82) is 5.41 Å². The number of nitrogen functional groups attached to an aromatic ring is 1. The average molecular weight is 307 g/mol. The smallest absolute Gasteiger partial charge is 0.237 e. The molecule has 2 aromatic rings. The molecule has 2 rings (SSSR count). The van der Waals surface area contributed by atoms with Crippen LogP contribution in [0.3, 0.4) is 0 Å². The van der Waals surface area contributed by atoms with Crippen LogP contribution in [0.5, 0.6) is 11.6 Å². The summed E-state index contributed by atoms with van der Waals surface area (Å²) >= 11 is 3.41. The summed E-state index contributed by atoms with van der Waals surface area (Å²) < 4.78 is 6.41. The molecule has 0 fully saturated rings. The van der Waals surface area contributed by atoms with Gasteiger partial charge in [-0.2, -0.15) is 0 Å². The van der Waals surface area contributed by atoms with Crippen molar-refractivity contribution < 1.29 is 4.74 Å². The molecule has 18 heavy (non-hydrogen) atoms. The molecule has 0 atom stereocenters. The van der Waals surface area contributed by atoms with Gasteiger partial charge in [0.1, 0.15) is 17.3 Å². The highest BCUT2D eigenvalue weighted by Gasteiger charge is 2.05. The molecule has 0 unspecified atom stereocenters. The largest absolute Gasteiger partial charge is 0.436 e. The molecular weight excluding hydrogens is 296 g/mol. The third-order valence-corrected chi connectivity index (χ3v) is 2.83. The first-order chi connectivity index (χ1) is 8.56. The van der Waals surface area contributed by atoms with E-state index in [4.69, 9.17) is 15.9 Å². The SMILES string of the molecule is Cc1ccc(Oc2cnc(C(=N)N)cn2)c(Br)c1. The van der Waals surface area contributed by atoms with Gasteiger partial charge in [0.25, 0.3) is 0 Å². The van der Waals surface area contributed by atoms with Crippen LogP contribution < -0.4 is 10.5 Å². The normalized spacial score (nSPS) is 10.1. The summed E-state index contributed by atoms with van der Waals surface area (Å²) in [5, 5.41) is 7.21. The van der Waals surface area contributed by atoms with E-state index in [1.807, 2.05) is 25.1 Å². The van der Waals surface area contributed by atoms with E-state index in [9.17, 15) is 0 Å². The standard InChI is InChI=1S/C12H11BrN4O/c1-7-2-3-10(8(13)4-7)18-11-6-16-9(5-17-11)12(14)15/h2-6H,1H3,(H3,14,15). The summed E-state index contributed by atoms with van der Waals surface area (Å²) in [6.07, 6.45) is 2.84. The molecule has 0 aliphatic rings. The van der Waals surface area contributed by atoms with Gasteiger partial charge in [-0.05, 0) is 40.5 Å². The second-order valence-corrected chi connectivity index (χ2v) is 4.54. The van der Waals surface area contributed by atoms with E-state index in [1.165, 1.54) is 12.4 Å². The van der Waals surface area contributed by atoms with Gasteiger partial charge in [-0.1, -0.05) is 6.07 Å². The summed E-state index contributed by atoms with van der Waals surface area (Å²) in [4.78, 5) is 8.00. The minimum atomic E-state index is -0.120. The predicted octanol–water partition coefficient (Wildman–Crippen LogP) is 2.62. The van der Waals surface area contributed by atoms with E-state index in [2.05, 4.69) is 25.9 Å². The second-order valence-electron chi connectivity index (χ2n) is 3.69. The van der Waals surface area contributed by atoms with Crippen molar-refractivity contribution in [2.45, 2.75) is 6.92 Å². The Hall–Kier alpha value is -1.95. The zero-order chi connectivity index (χ0) is 13.1. The fraction of sp³-hybridized carbons (Fsp3) is 0.0833. The van der Waals surface area contributed by atoms with Crippen LogP contribution in [-0.4, -0.2) is 15.8 Å². The molecule has 0 aliphatic heterocycles. The maximum Gasteiger partial charge on any atom is 0.237 e. The molecule has 0 saturated heterocycles. The third kappa shape index (κ3) is 2.84. The van der Waals surface area contributed by atoms with Crippen molar-refractivity contribution in [3.05, 3.63) is 46.3 Å². The number of rotatable bonds is 3. The lowest BCUT2D eigenvalue weighted by Gasteiger charge is -2.07. The highest BCUT2D eigenvalue weighted by molar-refractivity contribution is 9.10. The fourth-order valence-corrected chi connectivity index (χ4v) is 1.88. The van der Waals surface area contributed by atoms with Crippen LogP contribution in [0.2, 0.25) is 0 Å². The number of aromatic nitrogens is 2. The lowest BCUT2D eigenvalue weighted by atomic mass is 10.2. The van der Waals surface area contributed by atoms with Gasteiger partial charge in [0.15, 0.2) is 0 Å². The van der Waals surface area contributed by atoms with Gasteiger partial charge >= 0.3 is 0 Å². The van der Waals surface area contributed by atoms with Crippen molar-refractivity contribution in [3.8, 4) is 11.6 Å². The lowest BCUT2D eigenvalue weighted by Crippen LogP contribution is -2.13. The third-order valence-electron chi connectivity index (χ3n) is 2.21. The first-order valence-electron chi connectivity index (χ1n) is 5.16. The Balaban J connectivity index is 2.21. The summed E-state index contributed by atoms with van der Waals surface area (Å²) in [6, 6.07) is 5.74. The highest BCUT2D eigenvalue weighted by Crippen LogP contribution is 2.29. The number of nitrogens with one attached hydrogen (secondary N) is 1. The molecule has 0 aliphatic carbocycles. The van der Waals surface area contributed by atoms with Crippen molar-refractivity contribution >= 4 is 21.8 Å². The molecule has 1 aromatic carbocycles. The van der Waals surface area contributed by atoms with Crippen LogP contribution in [0.15, 0.2) is 35.1 Å². The molecule has 6 heteroatoms. The van der Waals surface area contributed by atoms with Gasteiger partial charge in [-0.15, -0.1) is 0 Å². The van der Waals surface area contributed by atoms with Crippen LogP contribution in [0.4, 0.5) is 0 Å². The Labute approximate surface area is 113 Å². The van der Waals surface area contributed by atoms with Gasteiger partial charge in [-0.25, -0.2) is 9.97 Å². The Morgan fingerprint density at radius 2 is 2.11 bits per heavy atom. The van der Waals surface area contributed by atoms with Crippen molar-refractivity contribution in [2.24, 2.45) is 5.73 Å². The maximum absolute atomic E-state index is 7.21. The molecule has 0 saturated carbocycles. The predicted molar refractivity (Wildman–Crippen MR) is 72.0 cm³/mol. The van der Waals surface area contributed by atoms with Crippen LogP contribution in [0.1, 0.15) is 11.3 Å². The van der Waals surface area contributed by atoms with Crippen LogP contribution in [-0.2, 0) is 0 Å². The van der Waals surface area contributed by atoms with Gasteiger partial charge in [0.05, 0.1) is 16.9 Å². The molecule has 5 nitrogen and oxygen atoms in total. The van der Waals surface area contributed by atoms with Crippen LogP contribution >= 0.6 is 15.9 Å². The Morgan fingerprint density at radius 3 is 2.67 bits per heavy atom. The molecule has 0 radical (unpaired) electrons. The lowest BCUT2D eigenvalue weighted by molar-refractivity contribution is 0.457. The fourth-order valence-electron chi connectivity index (χ4n) is 1.31. The molecular formula is C12H11BrN4O. The van der Waals surface area contributed by atoms with Gasteiger partial charge < -0.3 is 10.5 Å². The van der Waals surface area contributed by atoms with E-state index < -0.39 is 0 Å². The summed E-state index contributed by atoms with van der Waals surface area (Å²) in [5.74, 6) is 0.889. The van der Waals surface area contributed by atoms with E-state index in [1.54, 1.807) is 0 Å². The second kappa shape index (κ2) is 5.14. The number of halogens is 1. The number of hydrogen-bond acceptors (Lipinski definition) is 4. The van der Waals surface area contributed by atoms with E-state index >= 15 is 0 Å². The van der Waals surface area contributed by atoms with Crippen LogP contribution in [0, 0.1) is 12.3 Å². The Kier molecular flexibility index (Phi) is 3.57. The first kappa shape index (κ1) is 12.5. The summed E-state index contributed by atoms with van der Waals surface area (Å²) in [7, 11) is 0. The van der Waals surface area contributed by atoms with E-state index in [0.29, 0.717) is 17.3 Å². The molecule has 1 aromatic heterocycles. The minimum Gasteiger partial charge on any atom is -0.436 e. The van der Waals surface area contributed by atoms with Crippen molar-refractivity contribution in [2.75, 3.05) is 0 Å². The molecule has 0 spiro atoms. The number of nitrogens with zero attached hydrogens (tertiary/aromatic N) is 2. The van der Waals surface area contributed by atoms with Crippen molar-refractivity contribution in [3.63, 3.8) is 0 Å². The number of nitrogens with two attached hydrogens (primary N) is 1. The Morgan fingerprint density at radius 1 is 1.33 bits per heavy atom. The van der Waals surface area contributed by atoms with Gasteiger partial charge in [0.2, 0.25) is 5.88 Å². The van der Waals surface area contributed by atoms with E-state index in [-0.39, 0.29) is 5.84 Å². The van der Waals surface area contributed by atoms with E-state index in [0.717, 1.165) is 10.0 Å². The zero-order valence-electron chi connectivity index (χ0n) is 9.64. The number of hydrogen-bond donors (Lipinski definition) is 2.